The molecule has 2 fully saturated rings. The van der Waals surface area contributed by atoms with Gasteiger partial charge < -0.3 is 14.4 Å². The van der Waals surface area contributed by atoms with E-state index in [1.165, 1.54) is 38.0 Å². The van der Waals surface area contributed by atoms with E-state index in [2.05, 4.69) is 32.7 Å². The molecule has 1 aromatic heterocycles. The van der Waals surface area contributed by atoms with E-state index in [1.54, 1.807) is 18.4 Å². The summed E-state index contributed by atoms with van der Waals surface area (Å²) in [5, 5.41) is 6.01. The van der Waals surface area contributed by atoms with Crippen molar-refractivity contribution >= 4 is 34.5 Å². The Bertz CT molecular complexity index is 843. The standard InChI is InChI=1S/C26H36Cl2N2O2S/c1-31-10-2-11-32-18-20-5-8-29(9-6-20)15-23-16-30(17-25(23)22-7-12-33-19-22)14-21-3-4-24(27)13-26(21)28/h3-4,7,12-13,19-20,23,25H,2,5-6,8-11,14-18H2,1H3/t23-,25+/m0/s1. The fourth-order valence-corrected chi connectivity index (χ4v) is 6.44. The zero-order valence-corrected chi connectivity index (χ0v) is 21.9. The number of ether oxygens (including phenoxy) is 2. The fraction of sp³-hybridized carbons (Fsp3) is 0.615. The first kappa shape index (κ1) is 25.4. The van der Waals surface area contributed by atoms with Crippen LogP contribution in [0.25, 0.3) is 0 Å². The van der Waals surface area contributed by atoms with Gasteiger partial charge in [-0.25, -0.2) is 0 Å². The van der Waals surface area contributed by atoms with Crippen LogP contribution in [0.1, 0.15) is 36.3 Å². The topological polar surface area (TPSA) is 24.9 Å². The van der Waals surface area contributed by atoms with Crippen molar-refractivity contribution in [1.29, 1.82) is 0 Å². The molecule has 0 radical (unpaired) electrons. The van der Waals surface area contributed by atoms with E-state index < -0.39 is 0 Å². The molecule has 7 heteroatoms. The highest BCUT2D eigenvalue weighted by Crippen LogP contribution is 2.36. The van der Waals surface area contributed by atoms with E-state index in [9.17, 15) is 0 Å². The molecule has 2 atom stereocenters. The Hall–Kier alpha value is -0.660. The van der Waals surface area contributed by atoms with Crippen LogP contribution in [0.4, 0.5) is 0 Å². The third kappa shape index (κ3) is 7.41. The molecule has 3 heterocycles. The molecule has 2 aliphatic rings. The van der Waals surface area contributed by atoms with E-state index >= 15 is 0 Å². The highest BCUT2D eigenvalue weighted by Gasteiger charge is 2.36. The first-order chi connectivity index (χ1) is 16.1. The largest absolute Gasteiger partial charge is 0.385 e. The molecular weight excluding hydrogens is 475 g/mol. The average molecular weight is 512 g/mol. The lowest BCUT2D eigenvalue weighted by Crippen LogP contribution is -2.39. The van der Waals surface area contributed by atoms with Gasteiger partial charge >= 0.3 is 0 Å². The number of likely N-dealkylation sites (tertiary alicyclic amines) is 2. The van der Waals surface area contributed by atoms with E-state index in [0.717, 1.165) is 56.5 Å². The molecule has 0 saturated carbocycles. The van der Waals surface area contributed by atoms with Crippen LogP contribution in [0.2, 0.25) is 10.0 Å². The Morgan fingerprint density at radius 3 is 2.64 bits per heavy atom. The van der Waals surface area contributed by atoms with Crippen LogP contribution in [0.3, 0.4) is 0 Å². The second-order valence-electron chi connectivity index (χ2n) is 9.52. The lowest BCUT2D eigenvalue weighted by molar-refractivity contribution is 0.0520. The SMILES string of the molecule is COCCCOCC1CCN(C[C@H]2CN(Cc3ccc(Cl)cc3Cl)C[C@@H]2c2ccsc2)CC1. The maximum absolute atomic E-state index is 6.48. The predicted octanol–water partition coefficient (Wildman–Crippen LogP) is 6.04. The van der Waals surface area contributed by atoms with Crippen molar-refractivity contribution in [3.05, 3.63) is 56.2 Å². The van der Waals surface area contributed by atoms with Crippen LogP contribution in [0.15, 0.2) is 35.0 Å². The Morgan fingerprint density at radius 2 is 1.91 bits per heavy atom. The fourth-order valence-electron chi connectivity index (χ4n) is 5.25. The number of rotatable bonds is 11. The Labute approximate surface area is 212 Å². The van der Waals surface area contributed by atoms with E-state index in [4.69, 9.17) is 32.7 Å². The van der Waals surface area contributed by atoms with Gasteiger partial charge in [0.15, 0.2) is 0 Å². The highest BCUT2D eigenvalue weighted by atomic mass is 35.5. The quantitative estimate of drug-likeness (QED) is 0.344. The monoisotopic (exact) mass is 510 g/mol. The van der Waals surface area contributed by atoms with Gasteiger partial charge in [0.25, 0.3) is 0 Å². The predicted molar refractivity (Wildman–Crippen MR) is 139 cm³/mol. The Balaban J connectivity index is 1.29. The molecule has 0 aliphatic carbocycles. The molecule has 4 rings (SSSR count). The first-order valence-electron chi connectivity index (χ1n) is 12.1. The number of hydrogen-bond acceptors (Lipinski definition) is 5. The van der Waals surface area contributed by atoms with Crippen molar-refractivity contribution in [3.8, 4) is 0 Å². The number of hydrogen-bond donors (Lipinski definition) is 0. The molecular formula is C26H36Cl2N2O2S. The van der Waals surface area contributed by atoms with Crippen LogP contribution in [0.5, 0.6) is 0 Å². The van der Waals surface area contributed by atoms with E-state index in [-0.39, 0.29) is 0 Å². The van der Waals surface area contributed by atoms with Crippen molar-refractivity contribution < 1.29 is 9.47 Å². The van der Waals surface area contributed by atoms with Crippen molar-refractivity contribution in [2.45, 2.75) is 31.7 Å². The van der Waals surface area contributed by atoms with Gasteiger partial charge in [0.05, 0.1) is 0 Å². The van der Waals surface area contributed by atoms with Crippen molar-refractivity contribution in [2.24, 2.45) is 11.8 Å². The van der Waals surface area contributed by atoms with Gasteiger partial charge in [-0.3, -0.25) is 4.90 Å². The van der Waals surface area contributed by atoms with E-state index in [0.29, 0.717) is 22.8 Å². The molecule has 1 aromatic carbocycles. The molecule has 2 saturated heterocycles. The number of benzene rings is 1. The van der Waals surface area contributed by atoms with Gasteiger partial charge in [-0.1, -0.05) is 29.3 Å². The maximum Gasteiger partial charge on any atom is 0.0495 e. The number of thiophene rings is 1. The lowest BCUT2D eigenvalue weighted by Gasteiger charge is -2.34. The normalized spacial score (nSPS) is 22.9. The number of nitrogens with zero attached hydrogens (tertiary/aromatic N) is 2. The molecule has 182 valence electrons. The van der Waals surface area contributed by atoms with Crippen molar-refractivity contribution in [2.75, 3.05) is 59.7 Å². The maximum atomic E-state index is 6.48. The molecule has 0 bridgehead atoms. The van der Waals surface area contributed by atoms with E-state index in [1.807, 2.05) is 12.1 Å². The summed E-state index contributed by atoms with van der Waals surface area (Å²) in [5.41, 5.74) is 2.66. The summed E-state index contributed by atoms with van der Waals surface area (Å²) in [5.74, 6) is 1.93. The van der Waals surface area contributed by atoms with Crippen LogP contribution >= 0.6 is 34.5 Å². The Kier molecular flexibility index (Phi) is 9.92. The molecule has 2 aromatic rings. The second kappa shape index (κ2) is 12.9. The second-order valence-corrected chi connectivity index (χ2v) is 11.1. The van der Waals surface area contributed by atoms with Crippen LogP contribution in [-0.2, 0) is 16.0 Å². The third-order valence-electron chi connectivity index (χ3n) is 7.09. The van der Waals surface area contributed by atoms with Gasteiger partial charge in [0.2, 0.25) is 0 Å². The van der Waals surface area contributed by atoms with Crippen LogP contribution in [0, 0.1) is 11.8 Å². The van der Waals surface area contributed by atoms with Gasteiger partial charge in [-0.2, -0.15) is 11.3 Å². The summed E-state index contributed by atoms with van der Waals surface area (Å²) in [6.07, 6.45) is 3.47. The number of methoxy groups -OCH3 is 1. The smallest absolute Gasteiger partial charge is 0.0495 e. The van der Waals surface area contributed by atoms with Gasteiger partial charge in [-0.05, 0) is 84.3 Å². The van der Waals surface area contributed by atoms with Gasteiger partial charge in [0.1, 0.15) is 0 Å². The lowest BCUT2D eigenvalue weighted by atomic mass is 9.89. The molecule has 2 aliphatic heterocycles. The summed E-state index contributed by atoms with van der Waals surface area (Å²) in [4.78, 5) is 5.26. The molecule has 0 amide bonds. The van der Waals surface area contributed by atoms with Crippen molar-refractivity contribution in [1.82, 2.24) is 9.80 Å². The molecule has 33 heavy (non-hydrogen) atoms. The molecule has 0 unspecified atom stereocenters. The molecule has 0 N–H and O–H groups in total. The minimum Gasteiger partial charge on any atom is -0.385 e. The summed E-state index contributed by atoms with van der Waals surface area (Å²) in [7, 11) is 1.75. The van der Waals surface area contributed by atoms with Crippen molar-refractivity contribution in [3.63, 3.8) is 0 Å². The summed E-state index contributed by atoms with van der Waals surface area (Å²) < 4.78 is 11.0. The van der Waals surface area contributed by atoms with Crippen LogP contribution in [-0.4, -0.2) is 69.5 Å². The molecule has 0 spiro atoms. The zero-order valence-electron chi connectivity index (χ0n) is 19.6. The number of halogens is 2. The van der Waals surface area contributed by atoms with Crippen LogP contribution < -0.4 is 0 Å². The molecule has 4 nitrogen and oxygen atoms in total. The summed E-state index contributed by atoms with van der Waals surface area (Å²) in [6, 6.07) is 8.18. The zero-order chi connectivity index (χ0) is 23.0. The highest BCUT2D eigenvalue weighted by molar-refractivity contribution is 7.08. The van der Waals surface area contributed by atoms with Gasteiger partial charge in [0, 0.05) is 69.1 Å². The number of piperidine rings is 1. The average Bonchev–Trinajstić information content (AvgIpc) is 3.47. The minimum absolute atomic E-state index is 0.587. The third-order valence-corrected chi connectivity index (χ3v) is 8.38. The van der Waals surface area contributed by atoms with Gasteiger partial charge in [-0.15, -0.1) is 0 Å². The Morgan fingerprint density at radius 1 is 1.06 bits per heavy atom. The first-order valence-corrected chi connectivity index (χ1v) is 13.8. The minimum atomic E-state index is 0.587. The summed E-state index contributed by atoms with van der Waals surface area (Å²) in [6.45, 7) is 9.12. The summed E-state index contributed by atoms with van der Waals surface area (Å²) >= 11 is 14.4.